The molecule has 1 fully saturated rings. The van der Waals surface area contributed by atoms with Gasteiger partial charge < -0.3 is 5.32 Å². The molecule has 1 aliphatic rings. The minimum absolute atomic E-state index is 0.418. The Morgan fingerprint density at radius 2 is 2.08 bits per heavy atom. The van der Waals surface area contributed by atoms with E-state index < -0.39 is 0 Å². The lowest BCUT2D eigenvalue weighted by Gasteiger charge is -2.07. The SMILES string of the molecule is CC(C)Nc1ccc(C2CC2)nn1. The fraction of sp³-hybridized carbons (Fsp3) is 0.600. The van der Waals surface area contributed by atoms with Crippen LogP contribution >= 0.6 is 0 Å². The fourth-order valence-electron chi connectivity index (χ4n) is 1.31. The second-order valence-corrected chi connectivity index (χ2v) is 3.92. The molecular formula is C10H15N3. The molecule has 1 N–H and O–H groups in total. The van der Waals surface area contributed by atoms with Crippen molar-refractivity contribution in [1.29, 1.82) is 0 Å². The molecule has 0 amide bonds. The van der Waals surface area contributed by atoms with Crippen LogP contribution in [0.15, 0.2) is 12.1 Å². The Balaban J connectivity index is 2.04. The summed E-state index contributed by atoms with van der Waals surface area (Å²) >= 11 is 0. The van der Waals surface area contributed by atoms with Crippen LogP contribution in [0.3, 0.4) is 0 Å². The number of nitrogens with one attached hydrogen (secondary N) is 1. The Kier molecular flexibility index (Phi) is 2.17. The quantitative estimate of drug-likeness (QED) is 0.769. The van der Waals surface area contributed by atoms with Crippen LogP contribution in [0, 0.1) is 0 Å². The molecule has 1 aliphatic carbocycles. The molecule has 1 aromatic rings. The molecule has 0 bridgehead atoms. The van der Waals surface area contributed by atoms with Crippen molar-refractivity contribution in [1.82, 2.24) is 10.2 Å². The minimum Gasteiger partial charge on any atom is -0.366 e. The van der Waals surface area contributed by atoms with E-state index in [1.807, 2.05) is 6.07 Å². The van der Waals surface area contributed by atoms with Gasteiger partial charge >= 0.3 is 0 Å². The zero-order valence-electron chi connectivity index (χ0n) is 8.12. The maximum absolute atomic E-state index is 4.18. The van der Waals surface area contributed by atoms with Crippen molar-refractivity contribution in [2.75, 3.05) is 5.32 Å². The molecular weight excluding hydrogens is 162 g/mol. The summed E-state index contributed by atoms with van der Waals surface area (Å²) in [5, 5.41) is 11.5. The van der Waals surface area contributed by atoms with Crippen molar-refractivity contribution in [3.8, 4) is 0 Å². The highest BCUT2D eigenvalue weighted by Crippen LogP contribution is 2.38. The molecule has 3 heteroatoms. The van der Waals surface area contributed by atoms with Gasteiger partial charge in [-0.15, -0.1) is 5.10 Å². The van der Waals surface area contributed by atoms with E-state index in [9.17, 15) is 0 Å². The summed E-state index contributed by atoms with van der Waals surface area (Å²) in [5.41, 5.74) is 1.15. The van der Waals surface area contributed by atoms with Crippen LogP contribution in [0.25, 0.3) is 0 Å². The predicted molar refractivity (Wildman–Crippen MR) is 52.8 cm³/mol. The van der Waals surface area contributed by atoms with Crippen molar-refractivity contribution < 1.29 is 0 Å². The molecule has 0 aliphatic heterocycles. The number of anilines is 1. The summed E-state index contributed by atoms with van der Waals surface area (Å²) in [6.45, 7) is 4.19. The van der Waals surface area contributed by atoms with Crippen LogP contribution in [-0.4, -0.2) is 16.2 Å². The highest BCUT2D eigenvalue weighted by molar-refractivity contribution is 5.34. The van der Waals surface area contributed by atoms with Crippen LogP contribution in [-0.2, 0) is 0 Å². The van der Waals surface area contributed by atoms with Gasteiger partial charge in [-0.1, -0.05) is 0 Å². The molecule has 1 aromatic heterocycles. The first-order chi connectivity index (χ1) is 6.25. The summed E-state index contributed by atoms with van der Waals surface area (Å²) in [5.74, 6) is 1.57. The largest absolute Gasteiger partial charge is 0.366 e. The van der Waals surface area contributed by atoms with Gasteiger partial charge in [0.15, 0.2) is 0 Å². The molecule has 1 saturated carbocycles. The van der Waals surface area contributed by atoms with Gasteiger partial charge in [0.05, 0.1) is 5.69 Å². The van der Waals surface area contributed by atoms with Crippen LogP contribution < -0.4 is 5.32 Å². The lowest BCUT2D eigenvalue weighted by atomic mass is 10.3. The molecule has 13 heavy (non-hydrogen) atoms. The Morgan fingerprint density at radius 1 is 1.31 bits per heavy atom. The monoisotopic (exact) mass is 177 g/mol. The van der Waals surface area contributed by atoms with Gasteiger partial charge in [0.25, 0.3) is 0 Å². The van der Waals surface area contributed by atoms with Gasteiger partial charge in [0, 0.05) is 12.0 Å². The second-order valence-electron chi connectivity index (χ2n) is 3.92. The van der Waals surface area contributed by atoms with E-state index in [0.717, 1.165) is 11.5 Å². The number of nitrogens with zero attached hydrogens (tertiary/aromatic N) is 2. The molecule has 0 atom stereocenters. The van der Waals surface area contributed by atoms with Crippen molar-refractivity contribution >= 4 is 5.82 Å². The molecule has 0 saturated heterocycles. The third-order valence-corrected chi connectivity index (χ3v) is 2.12. The van der Waals surface area contributed by atoms with Gasteiger partial charge in [-0.2, -0.15) is 5.10 Å². The molecule has 0 spiro atoms. The minimum atomic E-state index is 0.418. The summed E-state index contributed by atoms with van der Waals surface area (Å²) in [4.78, 5) is 0. The van der Waals surface area contributed by atoms with E-state index in [1.165, 1.54) is 12.8 Å². The van der Waals surface area contributed by atoms with E-state index in [1.54, 1.807) is 0 Å². The van der Waals surface area contributed by atoms with Crippen molar-refractivity contribution in [2.24, 2.45) is 0 Å². The average molecular weight is 177 g/mol. The first-order valence-corrected chi connectivity index (χ1v) is 4.86. The Morgan fingerprint density at radius 3 is 2.54 bits per heavy atom. The summed E-state index contributed by atoms with van der Waals surface area (Å²) < 4.78 is 0. The Hall–Kier alpha value is -1.12. The first kappa shape index (κ1) is 8.48. The van der Waals surface area contributed by atoms with Crippen LogP contribution in [0.1, 0.15) is 38.3 Å². The molecule has 0 aromatic carbocycles. The normalized spacial score (nSPS) is 16.2. The third-order valence-electron chi connectivity index (χ3n) is 2.12. The number of hydrogen-bond donors (Lipinski definition) is 1. The molecule has 70 valence electrons. The van der Waals surface area contributed by atoms with Crippen molar-refractivity contribution in [3.05, 3.63) is 17.8 Å². The van der Waals surface area contributed by atoms with Gasteiger partial charge in [-0.25, -0.2) is 0 Å². The highest BCUT2D eigenvalue weighted by atomic mass is 15.2. The van der Waals surface area contributed by atoms with E-state index in [4.69, 9.17) is 0 Å². The molecule has 0 unspecified atom stereocenters. The fourth-order valence-corrected chi connectivity index (χ4v) is 1.31. The van der Waals surface area contributed by atoms with Crippen molar-refractivity contribution in [3.63, 3.8) is 0 Å². The zero-order chi connectivity index (χ0) is 9.26. The van der Waals surface area contributed by atoms with Gasteiger partial charge in [0.1, 0.15) is 5.82 Å². The number of hydrogen-bond acceptors (Lipinski definition) is 3. The zero-order valence-corrected chi connectivity index (χ0v) is 8.12. The van der Waals surface area contributed by atoms with E-state index in [2.05, 4.69) is 35.4 Å². The van der Waals surface area contributed by atoms with Crippen LogP contribution in [0.5, 0.6) is 0 Å². The van der Waals surface area contributed by atoms with Crippen LogP contribution in [0.2, 0.25) is 0 Å². The topological polar surface area (TPSA) is 37.8 Å². The second kappa shape index (κ2) is 3.32. The average Bonchev–Trinajstić information content (AvgIpc) is 2.87. The van der Waals surface area contributed by atoms with E-state index >= 15 is 0 Å². The first-order valence-electron chi connectivity index (χ1n) is 4.86. The molecule has 0 radical (unpaired) electrons. The van der Waals surface area contributed by atoms with E-state index in [0.29, 0.717) is 12.0 Å². The third kappa shape index (κ3) is 2.17. The lowest BCUT2D eigenvalue weighted by Crippen LogP contribution is -2.11. The predicted octanol–water partition coefficient (Wildman–Crippen LogP) is 2.17. The highest BCUT2D eigenvalue weighted by Gasteiger charge is 2.25. The molecule has 1 heterocycles. The number of rotatable bonds is 3. The van der Waals surface area contributed by atoms with Gasteiger partial charge in [0.2, 0.25) is 0 Å². The maximum atomic E-state index is 4.18. The van der Waals surface area contributed by atoms with Gasteiger partial charge in [-0.05, 0) is 38.8 Å². The Bertz CT molecular complexity index is 275. The van der Waals surface area contributed by atoms with Crippen molar-refractivity contribution in [2.45, 2.75) is 38.6 Å². The summed E-state index contributed by atoms with van der Waals surface area (Å²) in [7, 11) is 0. The maximum Gasteiger partial charge on any atom is 0.148 e. The smallest absolute Gasteiger partial charge is 0.148 e. The standard InChI is InChI=1S/C10H15N3/c1-7(2)11-10-6-5-9(12-13-10)8-3-4-8/h5-8H,3-4H2,1-2H3,(H,11,13). The molecule has 2 rings (SSSR count). The number of aromatic nitrogens is 2. The summed E-state index contributed by atoms with van der Waals surface area (Å²) in [6.07, 6.45) is 2.57. The van der Waals surface area contributed by atoms with Gasteiger partial charge in [-0.3, -0.25) is 0 Å². The molecule has 3 nitrogen and oxygen atoms in total. The lowest BCUT2D eigenvalue weighted by molar-refractivity contribution is 0.854. The Labute approximate surface area is 78.6 Å². The van der Waals surface area contributed by atoms with Crippen LogP contribution in [0.4, 0.5) is 5.82 Å². The summed E-state index contributed by atoms with van der Waals surface area (Å²) in [6, 6.07) is 4.51. The van der Waals surface area contributed by atoms with E-state index in [-0.39, 0.29) is 0 Å².